The molecule has 0 amide bonds. The molecule has 0 aromatic heterocycles. The SMILES string of the molecule is CO[C@H]1C[C@@H](C)CCO1. The Morgan fingerprint density at radius 1 is 1.56 bits per heavy atom. The third-order valence-electron chi connectivity index (χ3n) is 1.77. The Morgan fingerprint density at radius 3 is 2.78 bits per heavy atom. The second-order valence-corrected chi connectivity index (χ2v) is 2.67. The Morgan fingerprint density at radius 2 is 2.33 bits per heavy atom. The number of hydrogen-bond donors (Lipinski definition) is 0. The molecular weight excluding hydrogens is 116 g/mol. The summed E-state index contributed by atoms with van der Waals surface area (Å²) in [6.07, 6.45) is 2.30. The third kappa shape index (κ3) is 1.95. The fraction of sp³-hybridized carbons (Fsp3) is 1.00. The normalized spacial score (nSPS) is 36.7. The van der Waals surface area contributed by atoms with Crippen LogP contribution in [0.1, 0.15) is 19.8 Å². The highest BCUT2D eigenvalue weighted by molar-refractivity contribution is 4.60. The monoisotopic (exact) mass is 130 g/mol. The van der Waals surface area contributed by atoms with E-state index in [1.165, 1.54) is 6.42 Å². The molecule has 0 spiro atoms. The maximum atomic E-state index is 5.28. The van der Waals surface area contributed by atoms with Gasteiger partial charge in [0.2, 0.25) is 0 Å². The molecule has 1 rings (SSSR count). The predicted octanol–water partition coefficient (Wildman–Crippen LogP) is 1.41. The standard InChI is InChI=1S/C7H14O2/c1-6-3-4-9-7(5-6)8-2/h6-7H,3-5H2,1-2H3/t6-,7+/m0/s1. The quantitative estimate of drug-likeness (QED) is 0.534. The first-order valence-electron chi connectivity index (χ1n) is 3.47. The minimum absolute atomic E-state index is 0.0637. The highest BCUT2D eigenvalue weighted by atomic mass is 16.7. The molecule has 0 aromatic carbocycles. The summed E-state index contributed by atoms with van der Waals surface area (Å²) in [5.41, 5.74) is 0. The number of hydrogen-bond acceptors (Lipinski definition) is 2. The Hall–Kier alpha value is -0.0800. The molecule has 0 radical (unpaired) electrons. The van der Waals surface area contributed by atoms with Crippen LogP contribution in [0.2, 0.25) is 0 Å². The topological polar surface area (TPSA) is 18.5 Å². The number of ether oxygens (including phenoxy) is 2. The van der Waals surface area contributed by atoms with E-state index in [1.807, 2.05) is 0 Å². The van der Waals surface area contributed by atoms with Gasteiger partial charge in [-0.25, -0.2) is 0 Å². The van der Waals surface area contributed by atoms with Crippen LogP contribution in [-0.2, 0) is 9.47 Å². The van der Waals surface area contributed by atoms with Crippen molar-refractivity contribution in [2.75, 3.05) is 13.7 Å². The summed E-state index contributed by atoms with van der Waals surface area (Å²) in [6.45, 7) is 3.09. The summed E-state index contributed by atoms with van der Waals surface area (Å²) >= 11 is 0. The van der Waals surface area contributed by atoms with Crippen molar-refractivity contribution in [2.24, 2.45) is 5.92 Å². The second kappa shape index (κ2) is 3.18. The van der Waals surface area contributed by atoms with Gasteiger partial charge in [0.15, 0.2) is 6.29 Å². The molecule has 0 saturated carbocycles. The van der Waals surface area contributed by atoms with E-state index in [0.717, 1.165) is 18.9 Å². The minimum atomic E-state index is 0.0637. The first-order valence-corrected chi connectivity index (χ1v) is 3.47. The molecule has 0 N–H and O–H groups in total. The van der Waals surface area contributed by atoms with Gasteiger partial charge in [0, 0.05) is 20.1 Å². The minimum Gasteiger partial charge on any atom is -0.356 e. The van der Waals surface area contributed by atoms with Gasteiger partial charge < -0.3 is 9.47 Å². The molecule has 1 aliphatic heterocycles. The van der Waals surface area contributed by atoms with Gasteiger partial charge in [-0.1, -0.05) is 6.92 Å². The zero-order valence-electron chi connectivity index (χ0n) is 6.09. The molecule has 2 heteroatoms. The van der Waals surface area contributed by atoms with E-state index in [1.54, 1.807) is 7.11 Å². The van der Waals surface area contributed by atoms with Crippen molar-refractivity contribution in [1.29, 1.82) is 0 Å². The maximum Gasteiger partial charge on any atom is 0.157 e. The zero-order chi connectivity index (χ0) is 6.69. The van der Waals surface area contributed by atoms with Gasteiger partial charge >= 0.3 is 0 Å². The van der Waals surface area contributed by atoms with Crippen LogP contribution in [0, 0.1) is 5.92 Å². The first kappa shape index (κ1) is 7.03. The lowest BCUT2D eigenvalue weighted by molar-refractivity contribution is -0.156. The molecular formula is C7H14O2. The highest BCUT2D eigenvalue weighted by Gasteiger charge is 2.17. The van der Waals surface area contributed by atoms with E-state index in [2.05, 4.69) is 6.92 Å². The van der Waals surface area contributed by atoms with Crippen molar-refractivity contribution < 1.29 is 9.47 Å². The van der Waals surface area contributed by atoms with E-state index in [0.29, 0.717) is 0 Å². The van der Waals surface area contributed by atoms with Gasteiger partial charge in [-0.05, 0) is 12.3 Å². The molecule has 0 aliphatic carbocycles. The number of rotatable bonds is 1. The van der Waals surface area contributed by atoms with E-state index in [4.69, 9.17) is 9.47 Å². The summed E-state index contributed by atoms with van der Waals surface area (Å²) in [6, 6.07) is 0. The van der Waals surface area contributed by atoms with Crippen molar-refractivity contribution in [1.82, 2.24) is 0 Å². The molecule has 1 aliphatic rings. The van der Waals surface area contributed by atoms with Crippen LogP contribution in [0.3, 0.4) is 0 Å². The van der Waals surface area contributed by atoms with E-state index < -0.39 is 0 Å². The lowest BCUT2D eigenvalue weighted by atomic mass is 10.0. The predicted molar refractivity (Wildman–Crippen MR) is 35.1 cm³/mol. The number of methoxy groups -OCH3 is 1. The van der Waals surface area contributed by atoms with Gasteiger partial charge in [0.05, 0.1) is 0 Å². The molecule has 0 bridgehead atoms. The summed E-state index contributed by atoms with van der Waals surface area (Å²) in [5, 5.41) is 0. The smallest absolute Gasteiger partial charge is 0.157 e. The maximum absolute atomic E-state index is 5.28. The molecule has 1 heterocycles. The lowest BCUT2D eigenvalue weighted by Gasteiger charge is -2.25. The highest BCUT2D eigenvalue weighted by Crippen LogP contribution is 2.18. The van der Waals surface area contributed by atoms with Crippen LogP contribution in [0.5, 0.6) is 0 Å². The van der Waals surface area contributed by atoms with Crippen molar-refractivity contribution >= 4 is 0 Å². The molecule has 0 unspecified atom stereocenters. The molecule has 2 nitrogen and oxygen atoms in total. The fourth-order valence-corrected chi connectivity index (χ4v) is 1.08. The van der Waals surface area contributed by atoms with E-state index in [9.17, 15) is 0 Å². The second-order valence-electron chi connectivity index (χ2n) is 2.67. The van der Waals surface area contributed by atoms with Crippen LogP contribution < -0.4 is 0 Å². The van der Waals surface area contributed by atoms with Crippen LogP contribution in [0.25, 0.3) is 0 Å². The molecule has 0 aromatic rings. The Balaban J connectivity index is 2.23. The Labute approximate surface area is 56.2 Å². The Bertz CT molecular complexity index is 83.0. The van der Waals surface area contributed by atoms with Crippen LogP contribution in [0.15, 0.2) is 0 Å². The third-order valence-corrected chi connectivity index (χ3v) is 1.77. The molecule has 1 fully saturated rings. The van der Waals surface area contributed by atoms with Crippen LogP contribution in [-0.4, -0.2) is 20.0 Å². The average molecular weight is 130 g/mol. The van der Waals surface area contributed by atoms with E-state index in [-0.39, 0.29) is 6.29 Å². The molecule has 1 saturated heterocycles. The van der Waals surface area contributed by atoms with Gasteiger partial charge in [0.1, 0.15) is 0 Å². The average Bonchev–Trinajstić information content (AvgIpc) is 1.88. The van der Waals surface area contributed by atoms with Gasteiger partial charge in [-0.2, -0.15) is 0 Å². The van der Waals surface area contributed by atoms with Crippen molar-refractivity contribution in [2.45, 2.75) is 26.1 Å². The lowest BCUT2D eigenvalue weighted by Crippen LogP contribution is -2.25. The summed E-state index contributed by atoms with van der Waals surface area (Å²) in [4.78, 5) is 0. The van der Waals surface area contributed by atoms with Crippen molar-refractivity contribution in [3.63, 3.8) is 0 Å². The van der Waals surface area contributed by atoms with Gasteiger partial charge in [0.25, 0.3) is 0 Å². The van der Waals surface area contributed by atoms with Crippen LogP contribution >= 0.6 is 0 Å². The molecule has 54 valence electrons. The molecule has 2 atom stereocenters. The van der Waals surface area contributed by atoms with Gasteiger partial charge in [-0.3, -0.25) is 0 Å². The largest absolute Gasteiger partial charge is 0.356 e. The van der Waals surface area contributed by atoms with Crippen LogP contribution in [0.4, 0.5) is 0 Å². The zero-order valence-corrected chi connectivity index (χ0v) is 6.09. The summed E-state index contributed by atoms with van der Waals surface area (Å²) in [5.74, 6) is 0.767. The first-order chi connectivity index (χ1) is 4.33. The Kier molecular flexibility index (Phi) is 2.49. The summed E-state index contributed by atoms with van der Waals surface area (Å²) < 4.78 is 10.3. The van der Waals surface area contributed by atoms with Gasteiger partial charge in [-0.15, -0.1) is 0 Å². The van der Waals surface area contributed by atoms with E-state index >= 15 is 0 Å². The fourth-order valence-electron chi connectivity index (χ4n) is 1.08. The summed E-state index contributed by atoms with van der Waals surface area (Å²) in [7, 11) is 1.70. The molecule has 9 heavy (non-hydrogen) atoms. The van der Waals surface area contributed by atoms with Crippen molar-refractivity contribution in [3.05, 3.63) is 0 Å². The van der Waals surface area contributed by atoms with Crippen molar-refractivity contribution in [3.8, 4) is 0 Å².